The van der Waals surface area contributed by atoms with Crippen LogP contribution >= 0.6 is 0 Å². The van der Waals surface area contributed by atoms with Crippen LogP contribution < -0.4 is 0 Å². The Hall–Kier alpha value is -0.780. The maximum absolute atomic E-state index is 2.19. The van der Waals surface area contributed by atoms with Crippen molar-refractivity contribution in [1.29, 1.82) is 0 Å². The lowest BCUT2D eigenvalue weighted by atomic mass is 10.1. The largest absolute Gasteiger partial charge is 0.0847 e. The minimum atomic E-state index is 1.14. The van der Waals surface area contributed by atoms with E-state index in [0.29, 0.717) is 0 Å². The zero-order valence-corrected chi connectivity index (χ0v) is 8.94. The van der Waals surface area contributed by atoms with Crippen LogP contribution in [0.15, 0.2) is 34.9 Å². The molecule has 0 aromatic carbocycles. The van der Waals surface area contributed by atoms with E-state index in [1.54, 1.807) is 0 Å². The van der Waals surface area contributed by atoms with Gasteiger partial charge in [-0.2, -0.15) is 0 Å². The van der Waals surface area contributed by atoms with Crippen LogP contribution in [0.3, 0.4) is 0 Å². The standard InChI is InChI=1S/C12H20/c1-6-10(3)8-9-12(5)11(4)7-2/h6,8-9H,7H2,1-5H3/b9-8-,10-6-,12-11?. The van der Waals surface area contributed by atoms with Gasteiger partial charge < -0.3 is 0 Å². The highest BCUT2D eigenvalue weighted by Gasteiger charge is 1.88. The molecule has 0 radical (unpaired) electrons. The molecule has 0 bridgehead atoms. The molecule has 0 amide bonds. The minimum Gasteiger partial charge on any atom is -0.0847 e. The molecule has 68 valence electrons. The van der Waals surface area contributed by atoms with Crippen molar-refractivity contribution < 1.29 is 0 Å². The molecular weight excluding hydrogens is 144 g/mol. The first-order valence-corrected chi connectivity index (χ1v) is 4.59. The van der Waals surface area contributed by atoms with Crippen LogP contribution in [0, 0.1) is 0 Å². The zero-order chi connectivity index (χ0) is 9.56. The molecule has 0 spiro atoms. The summed E-state index contributed by atoms with van der Waals surface area (Å²) in [5.74, 6) is 0. The second kappa shape index (κ2) is 5.82. The van der Waals surface area contributed by atoms with Gasteiger partial charge in [0.15, 0.2) is 0 Å². The summed E-state index contributed by atoms with van der Waals surface area (Å²) < 4.78 is 0. The van der Waals surface area contributed by atoms with E-state index in [2.05, 4.69) is 52.8 Å². The molecule has 0 N–H and O–H groups in total. The lowest BCUT2D eigenvalue weighted by Gasteiger charge is -1.98. The first kappa shape index (κ1) is 11.2. The molecule has 0 fully saturated rings. The third-order valence-corrected chi connectivity index (χ3v) is 2.26. The van der Waals surface area contributed by atoms with Crippen LogP contribution in [0.1, 0.15) is 41.0 Å². The summed E-state index contributed by atoms with van der Waals surface area (Å²) in [5, 5.41) is 0. The molecule has 0 atom stereocenters. The normalized spacial score (nSPS) is 15.2. The summed E-state index contributed by atoms with van der Waals surface area (Å²) in [5.41, 5.74) is 4.17. The first-order chi connectivity index (χ1) is 5.61. The molecule has 0 heteroatoms. The van der Waals surface area contributed by atoms with E-state index in [0.717, 1.165) is 6.42 Å². The summed E-state index contributed by atoms with van der Waals surface area (Å²) in [6, 6.07) is 0. The van der Waals surface area contributed by atoms with Gasteiger partial charge in [-0.05, 0) is 34.1 Å². The maximum atomic E-state index is 2.19. The average molecular weight is 164 g/mol. The van der Waals surface area contributed by atoms with E-state index in [4.69, 9.17) is 0 Å². The van der Waals surface area contributed by atoms with E-state index in [-0.39, 0.29) is 0 Å². The van der Waals surface area contributed by atoms with Crippen LogP contribution in [0.2, 0.25) is 0 Å². The predicted octanol–water partition coefficient (Wildman–Crippen LogP) is 4.26. The molecule has 0 aliphatic rings. The molecular formula is C12H20. The zero-order valence-electron chi connectivity index (χ0n) is 8.94. The highest BCUT2D eigenvalue weighted by molar-refractivity contribution is 5.28. The lowest BCUT2D eigenvalue weighted by molar-refractivity contribution is 1.07. The number of allylic oxidation sites excluding steroid dienone is 6. The van der Waals surface area contributed by atoms with Crippen LogP contribution in [0.25, 0.3) is 0 Å². The van der Waals surface area contributed by atoms with Gasteiger partial charge in [0.1, 0.15) is 0 Å². The summed E-state index contributed by atoms with van der Waals surface area (Å²) in [6.45, 7) is 10.7. The van der Waals surface area contributed by atoms with Gasteiger partial charge in [-0.15, -0.1) is 0 Å². The molecule has 0 aromatic rings. The molecule has 0 aliphatic heterocycles. The van der Waals surface area contributed by atoms with E-state index < -0.39 is 0 Å². The topological polar surface area (TPSA) is 0 Å². The summed E-state index contributed by atoms with van der Waals surface area (Å²) in [6.07, 6.45) is 7.61. The van der Waals surface area contributed by atoms with Gasteiger partial charge in [0.25, 0.3) is 0 Å². The predicted molar refractivity (Wildman–Crippen MR) is 57.2 cm³/mol. The first-order valence-electron chi connectivity index (χ1n) is 4.59. The van der Waals surface area contributed by atoms with Crippen LogP contribution in [-0.2, 0) is 0 Å². The van der Waals surface area contributed by atoms with E-state index in [1.807, 2.05) is 0 Å². The molecule has 0 nitrogen and oxygen atoms in total. The molecule has 0 aromatic heterocycles. The number of hydrogen-bond donors (Lipinski definition) is 0. The maximum Gasteiger partial charge on any atom is -0.0346 e. The Kier molecular flexibility index (Phi) is 5.44. The second-order valence-electron chi connectivity index (χ2n) is 3.18. The van der Waals surface area contributed by atoms with Crippen molar-refractivity contribution in [2.75, 3.05) is 0 Å². The van der Waals surface area contributed by atoms with Gasteiger partial charge >= 0.3 is 0 Å². The smallest absolute Gasteiger partial charge is 0.0346 e. The Balaban J connectivity index is 4.36. The second-order valence-corrected chi connectivity index (χ2v) is 3.18. The Bertz CT molecular complexity index is 214. The van der Waals surface area contributed by atoms with Crippen molar-refractivity contribution in [2.45, 2.75) is 41.0 Å². The number of rotatable bonds is 3. The molecule has 12 heavy (non-hydrogen) atoms. The fraction of sp³-hybridized carbons (Fsp3) is 0.500. The summed E-state index contributed by atoms with van der Waals surface area (Å²) in [7, 11) is 0. The molecule has 0 saturated heterocycles. The molecule has 0 rings (SSSR count). The number of hydrogen-bond acceptors (Lipinski definition) is 0. The minimum absolute atomic E-state index is 1.14. The molecule has 0 aliphatic carbocycles. The highest BCUT2D eigenvalue weighted by atomic mass is 13.9. The van der Waals surface area contributed by atoms with Crippen LogP contribution in [-0.4, -0.2) is 0 Å². The third kappa shape index (κ3) is 4.17. The van der Waals surface area contributed by atoms with Gasteiger partial charge in [0.05, 0.1) is 0 Å². The molecule has 0 saturated carbocycles. The Labute approximate surface area is 76.7 Å². The highest BCUT2D eigenvalue weighted by Crippen LogP contribution is 2.09. The Morgan fingerprint density at radius 2 is 1.67 bits per heavy atom. The monoisotopic (exact) mass is 164 g/mol. The third-order valence-electron chi connectivity index (χ3n) is 2.26. The van der Waals surface area contributed by atoms with Crippen LogP contribution in [0.5, 0.6) is 0 Å². The Morgan fingerprint density at radius 1 is 1.08 bits per heavy atom. The quantitative estimate of drug-likeness (QED) is 0.547. The van der Waals surface area contributed by atoms with E-state index in [1.165, 1.54) is 16.7 Å². The molecule has 0 unspecified atom stereocenters. The fourth-order valence-corrected chi connectivity index (χ4v) is 0.774. The van der Waals surface area contributed by atoms with Crippen molar-refractivity contribution in [3.8, 4) is 0 Å². The van der Waals surface area contributed by atoms with Gasteiger partial charge in [-0.25, -0.2) is 0 Å². The van der Waals surface area contributed by atoms with E-state index >= 15 is 0 Å². The van der Waals surface area contributed by atoms with Crippen molar-refractivity contribution in [3.05, 3.63) is 34.9 Å². The van der Waals surface area contributed by atoms with Crippen molar-refractivity contribution in [1.82, 2.24) is 0 Å². The van der Waals surface area contributed by atoms with Crippen molar-refractivity contribution >= 4 is 0 Å². The summed E-state index contributed by atoms with van der Waals surface area (Å²) in [4.78, 5) is 0. The summed E-state index contributed by atoms with van der Waals surface area (Å²) >= 11 is 0. The van der Waals surface area contributed by atoms with Crippen molar-refractivity contribution in [3.63, 3.8) is 0 Å². The van der Waals surface area contributed by atoms with Crippen molar-refractivity contribution in [2.24, 2.45) is 0 Å². The SMILES string of the molecule is C/C=C(C)\C=C/C(C)=C(C)CC. The van der Waals surface area contributed by atoms with E-state index in [9.17, 15) is 0 Å². The van der Waals surface area contributed by atoms with Gasteiger partial charge in [-0.1, -0.05) is 41.9 Å². The van der Waals surface area contributed by atoms with Gasteiger partial charge in [0, 0.05) is 0 Å². The lowest BCUT2D eigenvalue weighted by Crippen LogP contribution is -1.78. The Morgan fingerprint density at radius 3 is 2.08 bits per heavy atom. The van der Waals surface area contributed by atoms with Gasteiger partial charge in [-0.3, -0.25) is 0 Å². The average Bonchev–Trinajstić information content (AvgIpc) is 2.11. The fourth-order valence-electron chi connectivity index (χ4n) is 0.774. The van der Waals surface area contributed by atoms with Gasteiger partial charge in [0.2, 0.25) is 0 Å². The molecule has 0 heterocycles. The van der Waals surface area contributed by atoms with Crippen LogP contribution in [0.4, 0.5) is 0 Å².